The van der Waals surface area contributed by atoms with E-state index >= 15 is 0 Å². The first-order valence-electron chi connectivity index (χ1n) is 6.09. The molecule has 0 amide bonds. The number of hydrogen-bond acceptors (Lipinski definition) is 3. The Morgan fingerprint density at radius 1 is 1.06 bits per heavy atom. The molecule has 0 aliphatic rings. The van der Waals surface area contributed by atoms with Gasteiger partial charge in [-0.25, -0.2) is 0 Å². The summed E-state index contributed by atoms with van der Waals surface area (Å²) in [4.78, 5) is 0. The van der Waals surface area contributed by atoms with Crippen LogP contribution in [0.2, 0.25) is 0 Å². The van der Waals surface area contributed by atoms with Crippen LogP contribution in [0.25, 0.3) is 0 Å². The number of methoxy groups -OCH3 is 2. The van der Waals surface area contributed by atoms with Crippen molar-refractivity contribution in [2.24, 2.45) is 0 Å². The van der Waals surface area contributed by atoms with Gasteiger partial charge in [0.1, 0.15) is 11.5 Å². The van der Waals surface area contributed by atoms with Gasteiger partial charge in [-0.1, -0.05) is 0 Å². The lowest BCUT2D eigenvalue weighted by atomic mass is 10.0. The average molecular weight is 237 g/mol. The average Bonchev–Trinajstić information content (AvgIpc) is 2.35. The second kappa shape index (κ2) is 7.17. The summed E-state index contributed by atoms with van der Waals surface area (Å²) in [5.41, 5.74) is 2.34. The van der Waals surface area contributed by atoms with Crippen LogP contribution in [0.15, 0.2) is 12.1 Å². The van der Waals surface area contributed by atoms with E-state index in [2.05, 4.69) is 11.4 Å². The zero-order valence-electron chi connectivity index (χ0n) is 11.3. The molecule has 0 fully saturated rings. The number of benzene rings is 1. The molecule has 0 bridgehead atoms. The molecule has 1 aromatic carbocycles. The van der Waals surface area contributed by atoms with Crippen LogP contribution in [0.1, 0.15) is 24.0 Å². The third kappa shape index (κ3) is 3.93. The van der Waals surface area contributed by atoms with Crippen LogP contribution in [0.4, 0.5) is 0 Å². The van der Waals surface area contributed by atoms with E-state index in [9.17, 15) is 0 Å². The summed E-state index contributed by atoms with van der Waals surface area (Å²) in [5, 5.41) is 3.16. The monoisotopic (exact) mass is 237 g/mol. The second-order valence-electron chi connectivity index (χ2n) is 4.19. The van der Waals surface area contributed by atoms with Crippen LogP contribution in [0.5, 0.6) is 11.5 Å². The van der Waals surface area contributed by atoms with E-state index in [1.165, 1.54) is 12.0 Å². The number of aryl methyl sites for hydroxylation is 2. The molecule has 0 unspecified atom stereocenters. The lowest BCUT2D eigenvalue weighted by Gasteiger charge is -2.13. The van der Waals surface area contributed by atoms with Crippen molar-refractivity contribution in [3.8, 4) is 11.5 Å². The highest BCUT2D eigenvalue weighted by Gasteiger charge is 2.08. The van der Waals surface area contributed by atoms with Gasteiger partial charge in [-0.05, 0) is 63.0 Å². The number of unbranched alkanes of at least 4 members (excludes halogenated alkanes) is 1. The third-order valence-electron chi connectivity index (χ3n) is 2.92. The molecule has 0 saturated heterocycles. The van der Waals surface area contributed by atoms with E-state index in [-0.39, 0.29) is 0 Å². The molecule has 0 aromatic heterocycles. The molecule has 0 aliphatic carbocycles. The zero-order valence-corrected chi connectivity index (χ0v) is 11.3. The summed E-state index contributed by atoms with van der Waals surface area (Å²) in [5.74, 6) is 1.90. The van der Waals surface area contributed by atoms with Gasteiger partial charge in [0.2, 0.25) is 0 Å². The predicted molar refractivity (Wildman–Crippen MR) is 71.1 cm³/mol. The molecule has 3 heteroatoms. The minimum absolute atomic E-state index is 0.939. The molecule has 0 saturated carbocycles. The molecule has 3 nitrogen and oxygen atoms in total. The van der Waals surface area contributed by atoms with Crippen LogP contribution in [0.3, 0.4) is 0 Å². The number of ether oxygens (including phenoxy) is 2. The van der Waals surface area contributed by atoms with Gasteiger partial charge in [0.15, 0.2) is 0 Å². The van der Waals surface area contributed by atoms with E-state index < -0.39 is 0 Å². The van der Waals surface area contributed by atoms with Gasteiger partial charge in [-0.2, -0.15) is 0 Å². The van der Waals surface area contributed by atoms with Crippen LogP contribution in [0, 0.1) is 6.92 Å². The third-order valence-corrected chi connectivity index (χ3v) is 2.92. The van der Waals surface area contributed by atoms with Gasteiger partial charge in [0, 0.05) is 0 Å². The van der Waals surface area contributed by atoms with Crippen molar-refractivity contribution >= 4 is 0 Å². The molecular formula is C14H23NO2. The highest BCUT2D eigenvalue weighted by Crippen LogP contribution is 2.29. The molecule has 1 rings (SSSR count). The van der Waals surface area contributed by atoms with Crippen molar-refractivity contribution in [3.05, 3.63) is 23.3 Å². The van der Waals surface area contributed by atoms with Crippen molar-refractivity contribution in [2.45, 2.75) is 26.2 Å². The first-order chi connectivity index (χ1) is 8.22. The molecule has 96 valence electrons. The smallest absolute Gasteiger partial charge is 0.122 e. The lowest BCUT2D eigenvalue weighted by molar-refractivity contribution is 0.395. The van der Waals surface area contributed by atoms with Gasteiger partial charge in [0.05, 0.1) is 14.2 Å². The van der Waals surface area contributed by atoms with E-state index in [4.69, 9.17) is 9.47 Å². The highest BCUT2D eigenvalue weighted by molar-refractivity contribution is 5.45. The van der Waals surface area contributed by atoms with Crippen LogP contribution in [-0.4, -0.2) is 27.8 Å². The maximum Gasteiger partial charge on any atom is 0.122 e. The fraction of sp³-hybridized carbons (Fsp3) is 0.571. The second-order valence-corrected chi connectivity index (χ2v) is 4.19. The van der Waals surface area contributed by atoms with Crippen LogP contribution < -0.4 is 14.8 Å². The van der Waals surface area contributed by atoms with Crippen molar-refractivity contribution < 1.29 is 9.47 Å². The topological polar surface area (TPSA) is 30.5 Å². The summed E-state index contributed by atoms with van der Waals surface area (Å²) >= 11 is 0. The van der Waals surface area contributed by atoms with Gasteiger partial charge in [0.25, 0.3) is 0 Å². The standard InChI is InChI=1S/C14H23NO2/c1-11-9-14(17-4)12(10-13(11)16-3)7-5-6-8-15-2/h9-10,15H,5-8H2,1-4H3. The lowest BCUT2D eigenvalue weighted by Crippen LogP contribution is -2.07. The summed E-state index contributed by atoms with van der Waals surface area (Å²) in [6.45, 7) is 3.09. The Morgan fingerprint density at radius 3 is 2.35 bits per heavy atom. The van der Waals surface area contributed by atoms with E-state index in [0.717, 1.165) is 36.4 Å². The number of nitrogens with one attached hydrogen (secondary N) is 1. The van der Waals surface area contributed by atoms with E-state index in [1.807, 2.05) is 20.0 Å². The predicted octanol–water partition coefficient (Wildman–Crippen LogP) is 2.55. The van der Waals surface area contributed by atoms with Gasteiger partial charge in [-0.15, -0.1) is 0 Å². The van der Waals surface area contributed by atoms with Crippen molar-refractivity contribution in [1.29, 1.82) is 0 Å². The first kappa shape index (κ1) is 13.8. The summed E-state index contributed by atoms with van der Waals surface area (Å²) < 4.78 is 10.8. The van der Waals surface area contributed by atoms with Crippen molar-refractivity contribution in [1.82, 2.24) is 5.32 Å². The molecule has 0 spiro atoms. The van der Waals surface area contributed by atoms with Gasteiger partial charge in [-0.3, -0.25) is 0 Å². The van der Waals surface area contributed by atoms with Crippen LogP contribution >= 0.6 is 0 Å². The van der Waals surface area contributed by atoms with Crippen molar-refractivity contribution in [2.75, 3.05) is 27.8 Å². The molecular weight excluding hydrogens is 214 g/mol. The Labute approximate surface area is 104 Å². The fourth-order valence-corrected chi connectivity index (χ4v) is 1.93. The van der Waals surface area contributed by atoms with Gasteiger partial charge < -0.3 is 14.8 Å². The first-order valence-corrected chi connectivity index (χ1v) is 6.09. The normalized spacial score (nSPS) is 10.4. The highest BCUT2D eigenvalue weighted by atomic mass is 16.5. The minimum atomic E-state index is 0.939. The maximum absolute atomic E-state index is 5.41. The Balaban J connectivity index is 2.74. The molecule has 1 aromatic rings. The number of rotatable bonds is 7. The van der Waals surface area contributed by atoms with Gasteiger partial charge >= 0.3 is 0 Å². The summed E-state index contributed by atoms with van der Waals surface area (Å²) in [7, 11) is 5.41. The Morgan fingerprint density at radius 2 is 1.76 bits per heavy atom. The molecule has 17 heavy (non-hydrogen) atoms. The van der Waals surface area contributed by atoms with E-state index in [0.29, 0.717) is 0 Å². The fourth-order valence-electron chi connectivity index (χ4n) is 1.93. The largest absolute Gasteiger partial charge is 0.496 e. The quantitative estimate of drug-likeness (QED) is 0.739. The molecule has 1 N–H and O–H groups in total. The minimum Gasteiger partial charge on any atom is -0.496 e. The maximum atomic E-state index is 5.41. The molecule has 0 atom stereocenters. The zero-order chi connectivity index (χ0) is 12.7. The Hall–Kier alpha value is -1.22. The summed E-state index contributed by atoms with van der Waals surface area (Å²) in [6, 6.07) is 4.14. The molecule has 0 heterocycles. The SMILES string of the molecule is CNCCCCc1cc(OC)c(C)cc1OC. The number of hydrogen-bond donors (Lipinski definition) is 1. The molecule has 0 radical (unpaired) electrons. The Bertz CT molecular complexity index is 350. The van der Waals surface area contributed by atoms with Crippen LogP contribution in [-0.2, 0) is 6.42 Å². The van der Waals surface area contributed by atoms with E-state index in [1.54, 1.807) is 14.2 Å². The molecule has 0 aliphatic heterocycles. The Kier molecular flexibility index (Phi) is 5.84. The van der Waals surface area contributed by atoms with Crippen molar-refractivity contribution in [3.63, 3.8) is 0 Å². The summed E-state index contributed by atoms with van der Waals surface area (Å²) in [6.07, 6.45) is 3.36.